The first-order chi connectivity index (χ1) is 15.6. The lowest BCUT2D eigenvalue weighted by molar-refractivity contribution is -0.121. The van der Waals surface area contributed by atoms with Gasteiger partial charge < -0.3 is 20.7 Å². The fourth-order valence-corrected chi connectivity index (χ4v) is 3.28. The quantitative estimate of drug-likeness (QED) is 0.563. The molecule has 2 aromatic carbocycles. The van der Waals surface area contributed by atoms with Gasteiger partial charge in [0, 0.05) is 25.2 Å². The van der Waals surface area contributed by atoms with Gasteiger partial charge >= 0.3 is 0 Å². The van der Waals surface area contributed by atoms with Crippen LogP contribution >= 0.6 is 0 Å². The van der Waals surface area contributed by atoms with Gasteiger partial charge in [0.1, 0.15) is 5.75 Å². The van der Waals surface area contributed by atoms with Gasteiger partial charge in [-0.1, -0.05) is 50.1 Å². The predicted octanol–water partition coefficient (Wildman–Crippen LogP) is 4.58. The molecule has 1 aliphatic heterocycles. The maximum absolute atomic E-state index is 11.9. The molecule has 174 valence electrons. The van der Waals surface area contributed by atoms with Crippen molar-refractivity contribution in [1.29, 1.82) is 0 Å². The molecule has 0 atom stereocenters. The number of nitrogens with one attached hydrogen (secondary N) is 3. The Bertz CT molecular complexity index is 814. The van der Waals surface area contributed by atoms with Crippen LogP contribution in [0.2, 0.25) is 0 Å². The highest BCUT2D eigenvalue weighted by Gasteiger charge is 2.05. The first-order valence-corrected chi connectivity index (χ1v) is 11.6. The minimum Gasteiger partial charge on any atom is -0.493 e. The molecule has 0 unspecified atom stereocenters. The third kappa shape index (κ3) is 10.3. The van der Waals surface area contributed by atoms with Gasteiger partial charge in [-0.2, -0.15) is 0 Å². The van der Waals surface area contributed by atoms with E-state index in [0.717, 1.165) is 61.4 Å². The van der Waals surface area contributed by atoms with E-state index >= 15 is 0 Å². The summed E-state index contributed by atoms with van der Waals surface area (Å²) in [5.41, 5.74) is 3.10. The Kier molecular flexibility index (Phi) is 11.7. The topological polar surface area (TPSA) is 79.5 Å². The van der Waals surface area contributed by atoms with Gasteiger partial charge in [0.05, 0.1) is 13.2 Å². The van der Waals surface area contributed by atoms with E-state index in [1.54, 1.807) is 0 Å². The molecule has 0 spiro atoms. The Balaban J connectivity index is 0.000000336. The minimum atomic E-state index is -0.0298. The van der Waals surface area contributed by atoms with Crippen molar-refractivity contribution in [1.82, 2.24) is 10.6 Å². The molecule has 2 amide bonds. The fraction of sp³-hybridized carbons (Fsp3) is 0.462. The molecular weight excluding hydrogens is 402 g/mol. The molecule has 0 aromatic heterocycles. The Morgan fingerprint density at radius 1 is 1.06 bits per heavy atom. The van der Waals surface area contributed by atoms with Crippen molar-refractivity contribution >= 4 is 17.5 Å². The van der Waals surface area contributed by atoms with Crippen molar-refractivity contribution in [2.24, 2.45) is 0 Å². The van der Waals surface area contributed by atoms with Crippen LogP contribution in [0.15, 0.2) is 48.5 Å². The zero-order valence-electron chi connectivity index (χ0n) is 19.4. The number of anilines is 1. The third-order valence-electron chi connectivity index (χ3n) is 5.07. The maximum atomic E-state index is 11.9. The molecule has 0 aliphatic carbocycles. The van der Waals surface area contributed by atoms with E-state index in [1.807, 2.05) is 49.4 Å². The van der Waals surface area contributed by atoms with Gasteiger partial charge in [0.25, 0.3) is 0 Å². The minimum absolute atomic E-state index is 0.0298. The van der Waals surface area contributed by atoms with Crippen LogP contribution in [0.4, 0.5) is 5.69 Å². The second-order valence-electron chi connectivity index (χ2n) is 7.96. The van der Waals surface area contributed by atoms with Crippen LogP contribution in [-0.4, -0.2) is 31.5 Å². The molecule has 3 N–H and O–H groups in total. The van der Waals surface area contributed by atoms with Gasteiger partial charge in [-0.05, 0) is 55.5 Å². The molecule has 1 aliphatic rings. The summed E-state index contributed by atoms with van der Waals surface area (Å²) in [6.45, 7) is 6.50. The van der Waals surface area contributed by atoms with Gasteiger partial charge in [-0.3, -0.25) is 9.59 Å². The van der Waals surface area contributed by atoms with Crippen molar-refractivity contribution in [2.75, 3.05) is 25.0 Å². The number of carbonyl (C=O) groups is 2. The summed E-state index contributed by atoms with van der Waals surface area (Å²) in [6, 6.07) is 15.7. The van der Waals surface area contributed by atoms with Crippen molar-refractivity contribution in [2.45, 2.75) is 58.9 Å². The lowest BCUT2D eigenvalue weighted by Gasteiger charge is -2.11. The number of carbonyl (C=O) groups excluding carboxylic acids is 2. The van der Waals surface area contributed by atoms with Crippen LogP contribution < -0.4 is 20.7 Å². The highest BCUT2D eigenvalue weighted by Crippen LogP contribution is 2.19. The molecule has 3 rings (SSSR count). The predicted molar refractivity (Wildman–Crippen MR) is 130 cm³/mol. The summed E-state index contributed by atoms with van der Waals surface area (Å²) in [4.78, 5) is 22.6. The number of hydrogen-bond acceptors (Lipinski definition) is 4. The number of para-hydroxylation sites is 1. The summed E-state index contributed by atoms with van der Waals surface area (Å²) in [5, 5.41) is 8.85. The summed E-state index contributed by atoms with van der Waals surface area (Å²) in [6.07, 6.45) is 6.47. The second kappa shape index (κ2) is 14.9. The second-order valence-corrected chi connectivity index (χ2v) is 7.96. The van der Waals surface area contributed by atoms with Gasteiger partial charge in [-0.25, -0.2) is 0 Å². The van der Waals surface area contributed by atoms with Crippen LogP contribution in [-0.2, 0) is 16.1 Å². The highest BCUT2D eigenvalue weighted by molar-refractivity contribution is 5.80. The van der Waals surface area contributed by atoms with Crippen LogP contribution in [0, 0.1) is 6.92 Å². The summed E-state index contributed by atoms with van der Waals surface area (Å²) in [5.74, 6) is 1.11. The zero-order valence-corrected chi connectivity index (χ0v) is 19.4. The highest BCUT2D eigenvalue weighted by atomic mass is 16.5. The normalized spacial score (nSPS) is 13.5. The van der Waals surface area contributed by atoms with E-state index in [2.05, 4.69) is 28.9 Å². The van der Waals surface area contributed by atoms with Crippen molar-refractivity contribution < 1.29 is 14.3 Å². The van der Waals surface area contributed by atoms with Crippen molar-refractivity contribution in [3.8, 4) is 5.75 Å². The monoisotopic (exact) mass is 439 g/mol. The Morgan fingerprint density at radius 2 is 1.84 bits per heavy atom. The molecule has 1 fully saturated rings. The smallest absolute Gasteiger partial charge is 0.239 e. The van der Waals surface area contributed by atoms with E-state index in [0.29, 0.717) is 6.54 Å². The number of rotatable bonds is 8. The van der Waals surface area contributed by atoms with E-state index in [-0.39, 0.29) is 18.4 Å². The average Bonchev–Trinajstić information content (AvgIpc) is 2.79. The molecule has 6 heteroatoms. The summed E-state index contributed by atoms with van der Waals surface area (Å²) in [7, 11) is 0. The molecule has 1 saturated heterocycles. The molecule has 0 radical (unpaired) electrons. The third-order valence-corrected chi connectivity index (χ3v) is 5.07. The molecule has 2 aromatic rings. The van der Waals surface area contributed by atoms with Crippen LogP contribution in [0.5, 0.6) is 5.75 Å². The largest absolute Gasteiger partial charge is 0.493 e. The lowest BCUT2D eigenvalue weighted by atomic mass is 10.1. The Labute approximate surface area is 192 Å². The van der Waals surface area contributed by atoms with E-state index < -0.39 is 0 Å². The molecule has 0 bridgehead atoms. The van der Waals surface area contributed by atoms with Crippen LogP contribution in [0.25, 0.3) is 0 Å². The average molecular weight is 440 g/mol. The number of hydrogen-bond donors (Lipinski definition) is 3. The molecule has 32 heavy (non-hydrogen) atoms. The Morgan fingerprint density at radius 3 is 2.59 bits per heavy atom. The van der Waals surface area contributed by atoms with E-state index in [4.69, 9.17) is 4.74 Å². The number of ether oxygens (including phenoxy) is 1. The lowest BCUT2D eigenvalue weighted by Crippen LogP contribution is -2.29. The molecule has 1 heterocycles. The summed E-state index contributed by atoms with van der Waals surface area (Å²) >= 11 is 0. The van der Waals surface area contributed by atoms with Crippen molar-refractivity contribution in [3.05, 3.63) is 59.7 Å². The van der Waals surface area contributed by atoms with E-state index in [1.165, 1.54) is 12.8 Å². The van der Waals surface area contributed by atoms with Gasteiger partial charge in [-0.15, -0.1) is 0 Å². The van der Waals surface area contributed by atoms with E-state index in [9.17, 15) is 9.59 Å². The SMILES string of the molecule is CCCOc1ccc(CNC(=O)CNc2ccccc2)cc1C.O=C1CCCCCCN1. The number of aryl methyl sites for hydroxylation is 1. The fourth-order valence-electron chi connectivity index (χ4n) is 3.28. The van der Waals surface area contributed by atoms with Crippen LogP contribution in [0.3, 0.4) is 0 Å². The first kappa shape index (κ1) is 25.2. The van der Waals surface area contributed by atoms with Gasteiger partial charge in [0.15, 0.2) is 0 Å². The number of benzene rings is 2. The zero-order chi connectivity index (χ0) is 23.0. The maximum Gasteiger partial charge on any atom is 0.239 e. The van der Waals surface area contributed by atoms with Crippen LogP contribution in [0.1, 0.15) is 56.6 Å². The van der Waals surface area contributed by atoms with Crippen molar-refractivity contribution in [3.63, 3.8) is 0 Å². The molecular formula is C26H37N3O3. The summed E-state index contributed by atoms with van der Waals surface area (Å²) < 4.78 is 5.66. The standard InChI is InChI=1S/C19H24N2O2.C7H13NO/c1-3-11-23-18-10-9-16(12-15(18)2)13-21-19(22)14-20-17-7-5-4-6-8-17;9-7-5-3-1-2-4-6-8-7/h4-10,12,20H,3,11,13-14H2,1-2H3,(H,21,22);1-6H2,(H,8,9). The first-order valence-electron chi connectivity index (χ1n) is 11.6. The Hall–Kier alpha value is -3.02. The van der Waals surface area contributed by atoms with Gasteiger partial charge in [0.2, 0.25) is 11.8 Å². The molecule has 6 nitrogen and oxygen atoms in total. The molecule has 0 saturated carbocycles. The number of amides is 2.